The molecule has 1 amide bonds. The van der Waals surface area contributed by atoms with Gasteiger partial charge in [-0.3, -0.25) is 4.79 Å². The van der Waals surface area contributed by atoms with Crippen LogP contribution in [-0.2, 0) is 4.79 Å². The third-order valence-electron chi connectivity index (χ3n) is 5.33. The van der Waals surface area contributed by atoms with Crippen LogP contribution in [0.15, 0.2) is 0 Å². The number of nitrogens with zero attached hydrogens (tertiary/aromatic N) is 4. The van der Waals surface area contributed by atoms with E-state index in [9.17, 15) is 4.79 Å². The Kier molecular flexibility index (Phi) is 4.51. The summed E-state index contributed by atoms with van der Waals surface area (Å²) in [4.78, 5) is 22.0. The Morgan fingerprint density at radius 1 is 1.00 bits per heavy atom. The van der Waals surface area contributed by atoms with Crippen LogP contribution in [0.1, 0.15) is 63.1 Å². The molecule has 0 radical (unpaired) electrons. The molecule has 23 heavy (non-hydrogen) atoms. The number of carbonyl (C=O) groups excluding carboxylic acids is 1. The molecule has 2 saturated heterocycles. The van der Waals surface area contributed by atoms with Crippen LogP contribution < -0.4 is 4.90 Å². The maximum Gasteiger partial charge on any atom is 0.227 e. The van der Waals surface area contributed by atoms with E-state index in [0.717, 1.165) is 50.0 Å². The summed E-state index contributed by atoms with van der Waals surface area (Å²) in [5.74, 6) is 2.17. The summed E-state index contributed by atoms with van der Waals surface area (Å²) in [5, 5.41) is 1.03. The fourth-order valence-electron chi connectivity index (χ4n) is 3.76. The van der Waals surface area contributed by atoms with E-state index < -0.39 is 0 Å². The van der Waals surface area contributed by atoms with E-state index in [0.29, 0.717) is 11.8 Å². The quantitative estimate of drug-likeness (QED) is 0.852. The van der Waals surface area contributed by atoms with E-state index in [4.69, 9.17) is 4.98 Å². The molecule has 126 valence electrons. The molecule has 0 N–H and O–H groups in total. The van der Waals surface area contributed by atoms with Gasteiger partial charge >= 0.3 is 0 Å². The van der Waals surface area contributed by atoms with Gasteiger partial charge in [0.25, 0.3) is 0 Å². The standard InChI is InChI=1S/C17H26N4OS/c22-16(20-9-3-1-2-4-10-20)14-6-5-11-21(12-14)17-18-15(19-23-17)13-7-8-13/h13-14H,1-12H2/t14-/m0/s1. The summed E-state index contributed by atoms with van der Waals surface area (Å²) in [5.41, 5.74) is 0. The van der Waals surface area contributed by atoms with Gasteiger partial charge in [0, 0.05) is 43.6 Å². The highest BCUT2D eigenvalue weighted by Gasteiger charge is 2.32. The maximum atomic E-state index is 12.9. The van der Waals surface area contributed by atoms with Gasteiger partial charge in [-0.25, -0.2) is 4.98 Å². The first-order valence-electron chi connectivity index (χ1n) is 9.18. The van der Waals surface area contributed by atoms with Gasteiger partial charge in [-0.05, 0) is 38.5 Å². The lowest BCUT2D eigenvalue weighted by Crippen LogP contribution is -2.45. The van der Waals surface area contributed by atoms with Gasteiger partial charge in [-0.15, -0.1) is 0 Å². The lowest BCUT2D eigenvalue weighted by atomic mass is 9.96. The van der Waals surface area contributed by atoms with E-state index in [1.54, 1.807) is 0 Å². The first-order chi connectivity index (χ1) is 11.3. The van der Waals surface area contributed by atoms with E-state index in [-0.39, 0.29) is 5.92 Å². The van der Waals surface area contributed by atoms with Crippen LogP contribution in [0.5, 0.6) is 0 Å². The zero-order valence-corrected chi connectivity index (χ0v) is 14.6. The van der Waals surface area contributed by atoms with Crippen molar-refractivity contribution in [2.45, 2.75) is 57.3 Å². The number of aromatic nitrogens is 2. The van der Waals surface area contributed by atoms with E-state index >= 15 is 0 Å². The number of hydrogen-bond donors (Lipinski definition) is 0. The molecule has 0 spiro atoms. The Balaban J connectivity index is 1.40. The molecule has 1 atom stereocenters. The Bertz CT molecular complexity index is 549. The number of likely N-dealkylation sites (tertiary alicyclic amines) is 1. The molecule has 0 aromatic carbocycles. The van der Waals surface area contributed by atoms with E-state index in [1.807, 2.05) is 0 Å². The largest absolute Gasteiger partial charge is 0.346 e. The fourth-order valence-corrected chi connectivity index (χ4v) is 4.54. The highest BCUT2D eigenvalue weighted by molar-refractivity contribution is 7.09. The molecule has 1 aliphatic carbocycles. The summed E-state index contributed by atoms with van der Waals surface area (Å²) >= 11 is 1.52. The van der Waals surface area contributed by atoms with Gasteiger partial charge in [0.2, 0.25) is 11.0 Å². The number of rotatable bonds is 3. The van der Waals surface area contributed by atoms with Crippen LogP contribution in [0.4, 0.5) is 5.13 Å². The number of hydrogen-bond acceptors (Lipinski definition) is 5. The van der Waals surface area contributed by atoms with Crippen LogP contribution in [0, 0.1) is 5.92 Å². The van der Waals surface area contributed by atoms with Gasteiger partial charge in [0.15, 0.2) is 0 Å². The van der Waals surface area contributed by atoms with Gasteiger partial charge in [0.1, 0.15) is 5.82 Å². The molecule has 6 heteroatoms. The highest BCUT2D eigenvalue weighted by atomic mass is 32.1. The first-order valence-corrected chi connectivity index (χ1v) is 9.96. The lowest BCUT2D eigenvalue weighted by molar-refractivity contribution is -0.135. The van der Waals surface area contributed by atoms with Crippen molar-refractivity contribution in [2.24, 2.45) is 5.92 Å². The summed E-state index contributed by atoms with van der Waals surface area (Å²) in [6.45, 7) is 3.76. The molecule has 0 unspecified atom stereocenters. The van der Waals surface area contributed by atoms with Crippen LogP contribution in [-0.4, -0.2) is 46.3 Å². The molecule has 3 heterocycles. The molecular weight excluding hydrogens is 308 g/mol. The molecule has 1 aromatic rings. The normalized spacial score (nSPS) is 26.2. The number of amides is 1. The van der Waals surface area contributed by atoms with Crippen molar-refractivity contribution in [1.29, 1.82) is 0 Å². The van der Waals surface area contributed by atoms with Crippen LogP contribution in [0.25, 0.3) is 0 Å². The van der Waals surface area contributed by atoms with Gasteiger partial charge in [-0.2, -0.15) is 4.37 Å². The van der Waals surface area contributed by atoms with Crippen molar-refractivity contribution in [3.05, 3.63) is 5.82 Å². The minimum atomic E-state index is 0.148. The smallest absolute Gasteiger partial charge is 0.227 e. The topological polar surface area (TPSA) is 49.3 Å². The van der Waals surface area contributed by atoms with E-state index in [2.05, 4.69) is 14.2 Å². The summed E-state index contributed by atoms with van der Waals surface area (Å²) in [7, 11) is 0. The minimum Gasteiger partial charge on any atom is -0.346 e. The molecule has 5 nitrogen and oxygen atoms in total. The molecule has 1 saturated carbocycles. The molecule has 3 fully saturated rings. The summed E-state index contributed by atoms with van der Waals surface area (Å²) < 4.78 is 4.52. The van der Waals surface area contributed by atoms with Crippen molar-refractivity contribution in [1.82, 2.24) is 14.3 Å². The Hall–Kier alpha value is -1.17. The predicted octanol–water partition coefficient (Wildman–Crippen LogP) is 3.03. The second-order valence-corrected chi connectivity index (χ2v) is 7.96. The summed E-state index contributed by atoms with van der Waals surface area (Å²) in [6, 6.07) is 0. The number of piperidine rings is 1. The fraction of sp³-hybridized carbons (Fsp3) is 0.824. The lowest BCUT2D eigenvalue weighted by Gasteiger charge is -2.34. The maximum absolute atomic E-state index is 12.9. The van der Waals surface area contributed by atoms with Crippen molar-refractivity contribution < 1.29 is 4.79 Å². The SMILES string of the molecule is O=C([C@H]1CCCN(c2nc(C3CC3)ns2)C1)N1CCCCCC1. The summed E-state index contributed by atoms with van der Waals surface area (Å²) in [6.07, 6.45) is 9.48. The van der Waals surface area contributed by atoms with Crippen molar-refractivity contribution in [3.63, 3.8) is 0 Å². The Morgan fingerprint density at radius 2 is 1.78 bits per heavy atom. The van der Waals surface area contributed by atoms with Crippen LogP contribution >= 0.6 is 11.5 Å². The van der Waals surface area contributed by atoms with Crippen molar-refractivity contribution in [2.75, 3.05) is 31.1 Å². The van der Waals surface area contributed by atoms with Crippen LogP contribution in [0.2, 0.25) is 0 Å². The Morgan fingerprint density at radius 3 is 2.52 bits per heavy atom. The molecule has 2 aliphatic heterocycles. The molecule has 3 aliphatic rings. The zero-order valence-electron chi connectivity index (χ0n) is 13.7. The van der Waals surface area contributed by atoms with Gasteiger partial charge in [-0.1, -0.05) is 12.8 Å². The Labute approximate surface area is 142 Å². The average molecular weight is 334 g/mol. The van der Waals surface area contributed by atoms with Gasteiger partial charge < -0.3 is 9.80 Å². The van der Waals surface area contributed by atoms with E-state index in [1.165, 1.54) is 50.1 Å². The minimum absolute atomic E-state index is 0.148. The number of carbonyl (C=O) groups is 1. The van der Waals surface area contributed by atoms with Crippen molar-refractivity contribution in [3.8, 4) is 0 Å². The first kappa shape index (κ1) is 15.4. The average Bonchev–Trinajstić information content (AvgIpc) is 3.38. The van der Waals surface area contributed by atoms with Crippen LogP contribution in [0.3, 0.4) is 0 Å². The third-order valence-corrected chi connectivity index (χ3v) is 6.12. The predicted molar refractivity (Wildman–Crippen MR) is 91.9 cm³/mol. The molecule has 1 aromatic heterocycles. The van der Waals surface area contributed by atoms with Gasteiger partial charge in [0.05, 0.1) is 5.92 Å². The monoisotopic (exact) mass is 334 g/mol. The third kappa shape index (κ3) is 3.52. The molecular formula is C17H26N4OS. The second kappa shape index (κ2) is 6.75. The van der Waals surface area contributed by atoms with Crippen molar-refractivity contribution >= 4 is 22.6 Å². The number of anilines is 1. The molecule has 0 bridgehead atoms. The zero-order chi connectivity index (χ0) is 15.6. The highest BCUT2D eigenvalue weighted by Crippen LogP contribution is 2.40. The molecule has 4 rings (SSSR count). The second-order valence-electron chi connectivity index (χ2n) is 7.23.